The first-order chi connectivity index (χ1) is 8.42. The van der Waals surface area contributed by atoms with E-state index < -0.39 is 0 Å². The van der Waals surface area contributed by atoms with Crippen LogP contribution in [0.2, 0.25) is 0 Å². The van der Waals surface area contributed by atoms with Crippen LogP contribution in [-0.4, -0.2) is 29.8 Å². The van der Waals surface area contributed by atoms with Crippen molar-refractivity contribution in [3.8, 4) is 0 Å². The highest BCUT2D eigenvalue weighted by Gasteiger charge is 2.11. The molecule has 0 saturated heterocycles. The molecular formula is C14H21NO3. The average molecular weight is 251 g/mol. The molecule has 0 aliphatic rings. The van der Waals surface area contributed by atoms with E-state index in [0.29, 0.717) is 12.2 Å². The number of amides is 1. The Morgan fingerprint density at radius 2 is 2.11 bits per heavy atom. The molecule has 4 heteroatoms. The van der Waals surface area contributed by atoms with Gasteiger partial charge in [0.1, 0.15) is 0 Å². The van der Waals surface area contributed by atoms with E-state index in [1.54, 1.807) is 12.1 Å². The minimum absolute atomic E-state index is 0.0570. The van der Waals surface area contributed by atoms with Gasteiger partial charge in [0.2, 0.25) is 0 Å². The average Bonchev–Trinajstić information content (AvgIpc) is 2.33. The van der Waals surface area contributed by atoms with Crippen LogP contribution in [0.25, 0.3) is 0 Å². The van der Waals surface area contributed by atoms with Gasteiger partial charge >= 0.3 is 0 Å². The summed E-state index contributed by atoms with van der Waals surface area (Å²) in [6, 6.07) is 7.30. The molecule has 0 aromatic heterocycles. The predicted octanol–water partition coefficient (Wildman–Crippen LogP) is 1.72. The van der Waals surface area contributed by atoms with Crippen LogP contribution in [0.4, 0.5) is 0 Å². The van der Waals surface area contributed by atoms with E-state index in [2.05, 4.69) is 5.32 Å². The molecule has 0 aliphatic carbocycles. The van der Waals surface area contributed by atoms with Crippen molar-refractivity contribution in [1.29, 1.82) is 0 Å². The van der Waals surface area contributed by atoms with Crippen LogP contribution in [0.15, 0.2) is 24.3 Å². The smallest absolute Gasteiger partial charge is 0.251 e. The Kier molecular flexibility index (Phi) is 5.31. The van der Waals surface area contributed by atoms with Gasteiger partial charge in [-0.3, -0.25) is 4.79 Å². The zero-order chi connectivity index (χ0) is 13.6. The van der Waals surface area contributed by atoms with Crippen LogP contribution < -0.4 is 5.32 Å². The van der Waals surface area contributed by atoms with Crippen LogP contribution in [0.5, 0.6) is 0 Å². The number of carbonyl (C=O) groups is 1. The summed E-state index contributed by atoms with van der Waals surface area (Å²) in [6.45, 7) is 6.66. The molecule has 0 bridgehead atoms. The van der Waals surface area contributed by atoms with Crippen molar-refractivity contribution < 1.29 is 14.6 Å². The topological polar surface area (TPSA) is 58.6 Å². The fourth-order valence-electron chi connectivity index (χ4n) is 1.37. The van der Waals surface area contributed by atoms with Gasteiger partial charge < -0.3 is 15.2 Å². The Hall–Kier alpha value is -1.39. The summed E-state index contributed by atoms with van der Waals surface area (Å²) in [6.07, 6.45) is 0. The summed E-state index contributed by atoms with van der Waals surface area (Å²) in [4.78, 5) is 11.7. The van der Waals surface area contributed by atoms with Crippen molar-refractivity contribution in [1.82, 2.24) is 5.32 Å². The minimum atomic E-state index is -0.199. The molecular weight excluding hydrogens is 230 g/mol. The minimum Gasteiger partial charge on any atom is -0.395 e. The molecule has 0 radical (unpaired) electrons. The fourth-order valence-corrected chi connectivity index (χ4v) is 1.37. The highest BCUT2D eigenvalue weighted by atomic mass is 16.5. The standard InChI is InChI=1S/C14H21NO3/c1-14(2,3)18-10-11-5-4-6-12(9-11)13(17)15-7-8-16/h4-6,9,16H,7-8,10H2,1-3H3,(H,15,17). The van der Waals surface area contributed by atoms with Crippen LogP contribution in [0, 0.1) is 0 Å². The molecule has 0 fully saturated rings. The Bertz CT molecular complexity index is 396. The molecule has 1 aromatic carbocycles. The van der Waals surface area contributed by atoms with E-state index in [0.717, 1.165) is 5.56 Å². The summed E-state index contributed by atoms with van der Waals surface area (Å²) in [7, 11) is 0. The normalized spacial score (nSPS) is 11.3. The summed E-state index contributed by atoms with van der Waals surface area (Å²) in [5, 5.41) is 11.3. The molecule has 100 valence electrons. The quantitative estimate of drug-likeness (QED) is 0.837. The lowest BCUT2D eigenvalue weighted by molar-refractivity contribution is -0.0149. The molecule has 0 aliphatic heterocycles. The summed E-state index contributed by atoms with van der Waals surface area (Å²) in [5.74, 6) is -0.179. The van der Waals surface area contributed by atoms with Crippen molar-refractivity contribution in [2.75, 3.05) is 13.2 Å². The Balaban J connectivity index is 2.64. The predicted molar refractivity (Wildman–Crippen MR) is 70.4 cm³/mol. The second-order valence-electron chi connectivity index (χ2n) is 5.08. The van der Waals surface area contributed by atoms with Gasteiger partial charge in [0.15, 0.2) is 0 Å². The van der Waals surface area contributed by atoms with E-state index in [-0.39, 0.29) is 24.7 Å². The van der Waals surface area contributed by atoms with Gasteiger partial charge in [-0.15, -0.1) is 0 Å². The van der Waals surface area contributed by atoms with E-state index in [4.69, 9.17) is 9.84 Å². The van der Waals surface area contributed by atoms with Gasteiger partial charge in [-0.1, -0.05) is 12.1 Å². The zero-order valence-corrected chi connectivity index (χ0v) is 11.2. The summed E-state index contributed by atoms with van der Waals surface area (Å²) in [5.41, 5.74) is 1.34. The van der Waals surface area contributed by atoms with Gasteiger partial charge in [-0.05, 0) is 38.5 Å². The van der Waals surface area contributed by atoms with E-state index in [1.807, 2.05) is 32.9 Å². The molecule has 18 heavy (non-hydrogen) atoms. The summed E-state index contributed by atoms with van der Waals surface area (Å²) < 4.78 is 5.66. The Labute approximate surface area is 108 Å². The lowest BCUT2D eigenvalue weighted by atomic mass is 10.1. The number of nitrogens with one attached hydrogen (secondary N) is 1. The van der Waals surface area contributed by atoms with Crippen molar-refractivity contribution in [2.24, 2.45) is 0 Å². The van der Waals surface area contributed by atoms with E-state index in [1.165, 1.54) is 0 Å². The van der Waals surface area contributed by atoms with Crippen molar-refractivity contribution in [2.45, 2.75) is 33.0 Å². The number of hydrogen-bond acceptors (Lipinski definition) is 3. The van der Waals surface area contributed by atoms with Crippen molar-refractivity contribution >= 4 is 5.91 Å². The van der Waals surface area contributed by atoms with Gasteiger partial charge in [0, 0.05) is 12.1 Å². The number of aliphatic hydroxyl groups is 1. The number of benzene rings is 1. The second kappa shape index (κ2) is 6.52. The molecule has 1 amide bonds. The first-order valence-electron chi connectivity index (χ1n) is 6.04. The third-order valence-corrected chi connectivity index (χ3v) is 2.26. The maximum absolute atomic E-state index is 11.7. The SMILES string of the molecule is CC(C)(C)OCc1cccc(C(=O)NCCO)c1. The van der Waals surface area contributed by atoms with Gasteiger partial charge in [-0.2, -0.15) is 0 Å². The fraction of sp³-hybridized carbons (Fsp3) is 0.500. The third-order valence-electron chi connectivity index (χ3n) is 2.26. The molecule has 4 nitrogen and oxygen atoms in total. The molecule has 0 spiro atoms. The second-order valence-corrected chi connectivity index (χ2v) is 5.08. The number of ether oxygens (including phenoxy) is 1. The van der Waals surface area contributed by atoms with E-state index >= 15 is 0 Å². The number of rotatable bonds is 5. The van der Waals surface area contributed by atoms with E-state index in [9.17, 15) is 4.79 Å². The Morgan fingerprint density at radius 3 is 2.72 bits per heavy atom. The van der Waals surface area contributed by atoms with Crippen molar-refractivity contribution in [3.63, 3.8) is 0 Å². The Morgan fingerprint density at radius 1 is 1.39 bits per heavy atom. The monoisotopic (exact) mass is 251 g/mol. The maximum Gasteiger partial charge on any atom is 0.251 e. The van der Waals surface area contributed by atoms with Gasteiger partial charge in [0.25, 0.3) is 5.91 Å². The van der Waals surface area contributed by atoms with Gasteiger partial charge in [-0.25, -0.2) is 0 Å². The number of aliphatic hydroxyl groups excluding tert-OH is 1. The highest BCUT2D eigenvalue weighted by molar-refractivity contribution is 5.94. The first kappa shape index (κ1) is 14.7. The number of hydrogen-bond donors (Lipinski definition) is 2. The molecule has 0 atom stereocenters. The summed E-state index contributed by atoms with van der Waals surface area (Å²) >= 11 is 0. The van der Waals surface area contributed by atoms with Crippen LogP contribution in [-0.2, 0) is 11.3 Å². The number of carbonyl (C=O) groups excluding carboxylic acids is 1. The lowest BCUT2D eigenvalue weighted by Gasteiger charge is -2.19. The van der Waals surface area contributed by atoms with Crippen LogP contribution >= 0.6 is 0 Å². The molecule has 1 rings (SSSR count). The molecule has 1 aromatic rings. The first-order valence-corrected chi connectivity index (χ1v) is 6.04. The highest BCUT2D eigenvalue weighted by Crippen LogP contribution is 2.13. The molecule has 2 N–H and O–H groups in total. The zero-order valence-electron chi connectivity index (χ0n) is 11.2. The molecule has 0 saturated carbocycles. The molecule has 0 unspecified atom stereocenters. The lowest BCUT2D eigenvalue weighted by Crippen LogP contribution is -2.26. The maximum atomic E-state index is 11.7. The third kappa shape index (κ3) is 5.29. The van der Waals surface area contributed by atoms with Crippen LogP contribution in [0.1, 0.15) is 36.7 Å². The van der Waals surface area contributed by atoms with Crippen LogP contribution in [0.3, 0.4) is 0 Å². The van der Waals surface area contributed by atoms with Gasteiger partial charge in [0.05, 0.1) is 18.8 Å². The largest absolute Gasteiger partial charge is 0.395 e. The van der Waals surface area contributed by atoms with Crippen molar-refractivity contribution in [3.05, 3.63) is 35.4 Å². The molecule has 0 heterocycles.